The summed E-state index contributed by atoms with van der Waals surface area (Å²) in [5.74, 6) is 0.967. The molecule has 7 rings (SSSR count). The summed E-state index contributed by atoms with van der Waals surface area (Å²) in [7, 11) is 0. The molecule has 0 saturated heterocycles. The smallest absolute Gasteiger partial charge is 0.340 e. The van der Waals surface area contributed by atoms with Crippen LogP contribution < -0.4 is 15.4 Å². The van der Waals surface area contributed by atoms with E-state index < -0.39 is 5.60 Å². The highest BCUT2D eigenvalue weighted by Gasteiger charge is 2.53. The molecule has 2 aliphatic rings. The van der Waals surface area contributed by atoms with E-state index in [1.807, 2.05) is 78.9 Å². The molecule has 5 aromatic rings. The third-order valence-electron chi connectivity index (χ3n) is 7.91. The van der Waals surface area contributed by atoms with E-state index in [0.29, 0.717) is 17.1 Å². The number of ether oxygens (including phenoxy) is 2. The van der Waals surface area contributed by atoms with Crippen LogP contribution in [0.25, 0.3) is 0 Å². The van der Waals surface area contributed by atoms with Crippen LogP contribution in [0.15, 0.2) is 103 Å². The second-order valence-electron chi connectivity index (χ2n) is 10.5. The molecule has 0 fully saturated rings. The molecule has 2 heterocycles. The Balaban J connectivity index is 1.39. The highest BCUT2D eigenvalue weighted by Crippen LogP contribution is 2.57. The van der Waals surface area contributed by atoms with Crippen LogP contribution in [0.5, 0.6) is 11.5 Å². The maximum Gasteiger partial charge on any atom is 0.340 e. The van der Waals surface area contributed by atoms with Gasteiger partial charge in [-0.1, -0.05) is 42.5 Å². The molecule has 5 heteroatoms. The van der Waals surface area contributed by atoms with Crippen molar-refractivity contribution in [2.45, 2.75) is 26.4 Å². The molecular weight excluding hydrogens is 496 g/mol. The maximum atomic E-state index is 13.3. The average Bonchev–Trinajstić information content (AvgIpc) is 3.25. The highest BCUT2D eigenvalue weighted by molar-refractivity contribution is 5.97. The van der Waals surface area contributed by atoms with Crippen LogP contribution in [0.2, 0.25) is 0 Å². The van der Waals surface area contributed by atoms with Gasteiger partial charge in [0.25, 0.3) is 0 Å². The van der Waals surface area contributed by atoms with Crippen LogP contribution >= 0.6 is 0 Å². The fourth-order valence-corrected chi connectivity index (χ4v) is 5.69. The Morgan fingerprint density at radius 3 is 2.12 bits per heavy atom. The third kappa shape index (κ3) is 3.74. The molecule has 0 aromatic heterocycles. The molecule has 2 N–H and O–H groups in total. The molecule has 0 amide bonds. The van der Waals surface area contributed by atoms with Crippen molar-refractivity contribution < 1.29 is 14.3 Å². The number of hydrogen-bond acceptors (Lipinski definition) is 5. The lowest BCUT2D eigenvalue weighted by Crippen LogP contribution is -2.33. The zero-order valence-electron chi connectivity index (χ0n) is 22.5. The highest BCUT2D eigenvalue weighted by atomic mass is 16.6. The van der Waals surface area contributed by atoms with Gasteiger partial charge in [0.05, 0.1) is 5.56 Å². The molecule has 0 saturated carbocycles. The van der Waals surface area contributed by atoms with E-state index in [-0.39, 0.29) is 5.97 Å². The topological polar surface area (TPSA) is 59.6 Å². The number of carbonyl (C=O) groups is 1. The first-order chi connectivity index (χ1) is 19.4. The Hall–Kier alpha value is -5.03. The van der Waals surface area contributed by atoms with Gasteiger partial charge in [-0.05, 0) is 92.1 Å². The fourth-order valence-electron chi connectivity index (χ4n) is 5.69. The lowest BCUT2D eigenvalue weighted by molar-refractivity contribution is 0.0224. The van der Waals surface area contributed by atoms with Crippen LogP contribution in [0, 0.1) is 20.8 Å². The molecule has 0 bridgehead atoms. The minimum absolute atomic E-state index is 0.342. The van der Waals surface area contributed by atoms with Crippen molar-refractivity contribution >= 4 is 28.7 Å². The summed E-state index contributed by atoms with van der Waals surface area (Å²) in [6.07, 6.45) is 0. The quantitative estimate of drug-likeness (QED) is 0.230. The van der Waals surface area contributed by atoms with Gasteiger partial charge in [0.15, 0.2) is 5.60 Å². The van der Waals surface area contributed by atoms with E-state index in [1.165, 1.54) is 11.1 Å². The molecule has 0 radical (unpaired) electrons. The van der Waals surface area contributed by atoms with Gasteiger partial charge >= 0.3 is 5.97 Å². The Labute approximate surface area is 233 Å². The lowest BCUT2D eigenvalue weighted by Gasteiger charge is -2.37. The van der Waals surface area contributed by atoms with E-state index in [9.17, 15) is 4.79 Å². The Morgan fingerprint density at radius 1 is 0.575 bits per heavy atom. The van der Waals surface area contributed by atoms with Crippen molar-refractivity contribution in [3.05, 3.63) is 142 Å². The van der Waals surface area contributed by atoms with Crippen LogP contribution in [-0.4, -0.2) is 5.97 Å². The first kappa shape index (κ1) is 24.0. The number of benzene rings is 5. The van der Waals surface area contributed by atoms with E-state index in [1.54, 1.807) is 0 Å². The van der Waals surface area contributed by atoms with Crippen LogP contribution in [-0.2, 0) is 10.3 Å². The predicted octanol–water partition coefficient (Wildman–Crippen LogP) is 8.67. The van der Waals surface area contributed by atoms with Gasteiger partial charge in [0.2, 0.25) is 0 Å². The maximum absolute atomic E-state index is 13.3. The third-order valence-corrected chi connectivity index (χ3v) is 7.91. The Kier molecular flexibility index (Phi) is 5.42. The summed E-state index contributed by atoms with van der Waals surface area (Å²) >= 11 is 0. The largest absolute Gasteiger partial charge is 0.456 e. The standard InChI is InChI=1S/C35H28N2O3/c1-21-13-14-25(17-22(21)2)37-31-20-30-32(18-23(31)3)39-33-19-26(36-24-9-5-4-6-10-24)15-16-29(33)35(30)28-12-8-7-11-27(28)34(38)40-35/h4-20,36-37H,1-3H3. The second-order valence-corrected chi connectivity index (χ2v) is 10.5. The number of para-hydroxylation sites is 1. The zero-order chi connectivity index (χ0) is 27.4. The lowest BCUT2D eigenvalue weighted by atomic mass is 9.77. The van der Waals surface area contributed by atoms with Crippen molar-refractivity contribution in [2.24, 2.45) is 0 Å². The fraction of sp³-hybridized carbons (Fsp3) is 0.114. The van der Waals surface area contributed by atoms with Crippen LogP contribution in [0.1, 0.15) is 43.7 Å². The van der Waals surface area contributed by atoms with Gasteiger partial charge in [-0.3, -0.25) is 0 Å². The summed E-state index contributed by atoms with van der Waals surface area (Å²) < 4.78 is 12.9. The molecule has 5 nitrogen and oxygen atoms in total. The molecule has 5 aromatic carbocycles. The van der Waals surface area contributed by atoms with E-state index in [2.05, 4.69) is 55.7 Å². The van der Waals surface area contributed by atoms with Gasteiger partial charge in [0.1, 0.15) is 11.5 Å². The zero-order valence-corrected chi connectivity index (χ0v) is 22.5. The SMILES string of the molecule is Cc1ccc(Nc2cc3c(cc2C)Oc2cc(Nc4ccccc4)ccc2C32OC(=O)c3ccccc32)cc1C. The second kappa shape index (κ2) is 9.02. The number of nitrogens with one attached hydrogen (secondary N) is 2. The van der Waals surface area contributed by atoms with Gasteiger partial charge in [-0.25, -0.2) is 4.79 Å². The molecule has 1 spiro atoms. The number of aryl methyl sites for hydroxylation is 3. The summed E-state index contributed by atoms with van der Waals surface area (Å²) in [6, 6.07) is 34.0. The average molecular weight is 525 g/mol. The molecule has 2 aliphatic heterocycles. The monoisotopic (exact) mass is 524 g/mol. The normalized spacial score (nSPS) is 16.4. The van der Waals surface area contributed by atoms with Gasteiger partial charge in [-0.15, -0.1) is 0 Å². The number of carbonyl (C=O) groups excluding carboxylic acids is 1. The van der Waals surface area contributed by atoms with E-state index in [0.717, 1.165) is 45.0 Å². The van der Waals surface area contributed by atoms with E-state index in [4.69, 9.17) is 9.47 Å². The van der Waals surface area contributed by atoms with Crippen LogP contribution in [0.4, 0.5) is 22.7 Å². The molecule has 1 atom stereocenters. The van der Waals surface area contributed by atoms with Gasteiger partial charge in [-0.2, -0.15) is 0 Å². The minimum atomic E-state index is -1.13. The molecule has 0 aliphatic carbocycles. The Bertz CT molecular complexity index is 1810. The summed E-state index contributed by atoms with van der Waals surface area (Å²) in [6.45, 7) is 6.27. The van der Waals surface area contributed by atoms with E-state index >= 15 is 0 Å². The molecule has 1 unspecified atom stereocenters. The number of hydrogen-bond donors (Lipinski definition) is 2. The molecule has 40 heavy (non-hydrogen) atoms. The predicted molar refractivity (Wildman–Crippen MR) is 158 cm³/mol. The first-order valence-electron chi connectivity index (χ1n) is 13.4. The minimum Gasteiger partial charge on any atom is -0.456 e. The number of rotatable bonds is 4. The van der Waals surface area contributed by atoms with Crippen molar-refractivity contribution in [1.29, 1.82) is 0 Å². The first-order valence-corrected chi connectivity index (χ1v) is 13.4. The van der Waals surface area contributed by atoms with Crippen molar-refractivity contribution in [3.8, 4) is 11.5 Å². The Morgan fingerprint density at radius 2 is 1.30 bits per heavy atom. The number of esters is 1. The molecule has 196 valence electrons. The molecular formula is C35H28N2O3. The van der Waals surface area contributed by atoms with Gasteiger partial charge < -0.3 is 20.1 Å². The van der Waals surface area contributed by atoms with Crippen molar-refractivity contribution in [1.82, 2.24) is 0 Å². The number of fused-ring (bicyclic) bond motifs is 6. The van der Waals surface area contributed by atoms with Crippen LogP contribution in [0.3, 0.4) is 0 Å². The van der Waals surface area contributed by atoms with Crippen molar-refractivity contribution in [3.63, 3.8) is 0 Å². The van der Waals surface area contributed by atoms with Crippen molar-refractivity contribution in [2.75, 3.05) is 10.6 Å². The summed E-state index contributed by atoms with van der Waals surface area (Å²) in [5.41, 5.74) is 9.09. The summed E-state index contributed by atoms with van der Waals surface area (Å²) in [5, 5.41) is 7.03. The summed E-state index contributed by atoms with van der Waals surface area (Å²) in [4.78, 5) is 13.3. The number of anilines is 4. The van der Waals surface area contributed by atoms with Gasteiger partial charge in [0, 0.05) is 45.5 Å².